The lowest BCUT2D eigenvalue weighted by atomic mass is 9.98. The van der Waals surface area contributed by atoms with E-state index in [4.69, 9.17) is 14.7 Å². The fraction of sp³-hybridized carbons (Fsp3) is 0.571. The number of aromatic nitrogens is 6. The number of fused-ring (bicyclic) bond motifs is 1. The normalized spacial score (nSPS) is 15.3. The first-order valence-electron chi connectivity index (χ1n) is 11.2. The zero-order valence-electron chi connectivity index (χ0n) is 18.8. The Morgan fingerprint density at radius 3 is 2.68 bits per heavy atom. The number of piperidine rings is 1. The zero-order chi connectivity index (χ0) is 24.1. The number of hydrogen-bond donors (Lipinski definition) is 2. The van der Waals surface area contributed by atoms with E-state index in [2.05, 4.69) is 25.3 Å². The summed E-state index contributed by atoms with van der Waals surface area (Å²) < 4.78 is 43.8. The number of ether oxygens (including phenoxy) is 1. The minimum absolute atomic E-state index is 0.107. The molecule has 3 aromatic rings. The average molecular weight is 480 g/mol. The van der Waals surface area contributed by atoms with Gasteiger partial charge in [-0.25, -0.2) is 15.0 Å². The maximum atomic E-state index is 12.5. The number of halogens is 3. The van der Waals surface area contributed by atoms with Gasteiger partial charge in [-0.05, 0) is 31.2 Å². The summed E-state index contributed by atoms with van der Waals surface area (Å²) >= 11 is 0. The maximum Gasteiger partial charge on any atom is 0.411 e. The van der Waals surface area contributed by atoms with Gasteiger partial charge in [-0.3, -0.25) is 4.68 Å². The summed E-state index contributed by atoms with van der Waals surface area (Å²) in [6.45, 7) is 2.16. The quantitative estimate of drug-likeness (QED) is 0.446. The van der Waals surface area contributed by atoms with Crippen molar-refractivity contribution in [2.45, 2.75) is 38.9 Å². The van der Waals surface area contributed by atoms with Gasteiger partial charge in [-0.1, -0.05) is 6.92 Å². The van der Waals surface area contributed by atoms with Gasteiger partial charge in [0.05, 0.1) is 18.8 Å². The lowest BCUT2D eigenvalue weighted by molar-refractivity contribution is -0.174. The van der Waals surface area contributed by atoms with Crippen LogP contribution in [0.1, 0.15) is 25.5 Å². The summed E-state index contributed by atoms with van der Waals surface area (Å²) in [6, 6.07) is 1.69. The van der Waals surface area contributed by atoms with Crippen molar-refractivity contribution in [1.82, 2.24) is 29.7 Å². The predicted octanol–water partition coefficient (Wildman–Crippen LogP) is 2.71. The highest BCUT2D eigenvalue weighted by atomic mass is 19.4. The number of nitrogens with zero attached hydrogens (tertiary/aromatic N) is 7. The number of hydrogen-bond acceptors (Lipinski definition) is 9. The molecule has 10 nitrogen and oxygen atoms in total. The van der Waals surface area contributed by atoms with Crippen molar-refractivity contribution in [3.63, 3.8) is 0 Å². The van der Waals surface area contributed by atoms with Crippen molar-refractivity contribution in [1.29, 1.82) is 0 Å². The molecule has 184 valence electrons. The molecule has 2 N–H and O–H groups in total. The van der Waals surface area contributed by atoms with E-state index in [1.165, 1.54) is 6.33 Å². The SMILES string of the molecule is CCc1nn(CCOCC(F)(F)F)c2c(Nc3ccncn3)nc(N3CCC(CO)CC3)nc12. The summed E-state index contributed by atoms with van der Waals surface area (Å²) in [4.78, 5) is 19.7. The van der Waals surface area contributed by atoms with E-state index < -0.39 is 12.8 Å². The number of aryl methyl sites for hydroxylation is 1. The van der Waals surface area contributed by atoms with Crippen molar-refractivity contribution in [2.75, 3.05) is 43.1 Å². The second-order valence-electron chi connectivity index (χ2n) is 8.09. The van der Waals surface area contributed by atoms with Gasteiger partial charge >= 0.3 is 6.18 Å². The Morgan fingerprint density at radius 2 is 2.03 bits per heavy atom. The lowest BCUT2D eigenvalue weighted by Crippen LogP contribution is -2.36. The highest BCUT2D eigenvalue weighted by molar-refractivity contribution is 5.90. The van der Waals surface area contributed by atoms with Crippen LogP contribution >= 0.6 is 0 Å². The third kappa shape index (κ3) is 5.70. The highest BCUT2D eigenvalue weighted by Gasteiger charge is 2.28. The van der Waals surface area contributed by atoms with E-state index in [0.29, 0.717) is 53.8 Å². The number of rotatable bonds is 9. The lowest BCUT2D eigenvalue weighted by Gasteiger charge is -2.31. The Bertz CT molecular complexity index is 1090. The second kappa shape index (κ2) is 10.5. The van der Waals surface area contributed by atoms with Crippen molar-refractivity contribution in [3.05, 3.63) is 24.3 Å². The standard InChI is InChI=1S/C21H27F3N8O2/c1-2-15-17-18(32(30-15)9-10-34-12-21(22,23)24)19(27-16-3-6-25-13-26-16)29-20(28-17)31-7-4-14(11-33)5-8-31/h3,6,13-14,33H,2,4-5,7-12H2,1H3,(H,25,26,27,28,29). The minimum Gasteiger partial charge on any atom is -0.396 e. The molecule has 1 fully saturated rings. The predicted molar refractivity (Wildman–Crippen MR) is 119 cm³/mol. The van der Waals surface area contributed by atoms with E-state index >= 15 is 0 Å². The fourth-order valence-corrected chi connectivity index (χ4v) is 3.90. The smallest absolute Gasteiger partial charge is 0.396 e. The molecule has 0 atom stereocenters. The van der Waals surface area contributed by atoms with Crippen LogP contribution < -0.4 is 10.2 Å². The molecule has 13 heteroatoms. The summed E-state index contributed by atoms with van der Waals surface area (Å²) in [6.07, 6.45) is 0.867. The molecule has 3 aromatic heterocycles. The molecule has 0 spiro atoms. The van der Waals surface area contributed by atoms with Crippen LogP contribution in [0.25, 0.3) is 11.0 Å². The van der Waals surface area contributed by atoms with Crippen LogP contribution in [0.15, 0.2) is 18.6 Å². The molecule has 4 heterocycles. The molecular weight excluding hydrogens is 453 g/mol. The molecule has 1 aliphatic rings. The van der Waals surface area contributed by atoms with Crippen LogP contribution in [0, 0.1) is 5.92 Å². The van der Waals surface area contributed by atoms with Gasteiger partial charge in [0.25, 0.3) is 0 Å². The van der Waals surface area contributed by atoms with Crippen LogP contribution in [0.2, 0.25) is 0 Å². The monoisotopic (exact) mass is 480 g/mol. The van der Waals surface area contributed by atoms with Crippen molar-refractivity contribution >= 4 is 28.6 Å². The third-order valence-corrected chi connectivity index (χ3v) is 5.68. The maximum absolute atomic E-state index is 12.5. The summed E-state index contributed by atoms with van der Waals surface area (Å²) in [5.41, 5.74) is 1.91. The van der Waals surface area contributed by atoms with Crippen LogP contribution in [0.3, 0.4) is 0 Å². The fourth-order valence-electron chi connectivity index (χ4n) is 3.90. The summed E-state index contributed by atoms with van der Waals surface area (Å²) in [5.74, 6) is 1.76. The first kappa shape index (κ1) is 24.1. The molecule has 0 unspecified atom stereocenters. The first-order chi connectivity index (χ1) is 16.4. The Morgan fingerprint density at radius 1 is 1.24 bits per heavy atom. The highest BCUT2D eigenvalue weighted by Crippen LogP contribution is 2.30. The minimum atomic E-state index is -4.39. The van der Waals surface area contributed by atoms with Gasteiger partial charge in [0, 0.05) is 25.9 Å². The second-order valence-corrected chi connectivity index (χ2v) is 8.09. The molecule has 0 radical (unpaired) electrons. The number of aliphatic hydroxyl groups is 1. The number of anilines is 3. The van der Waals surface area contributed by atoms with Crippen molar-refractivity contribution in [2.24, 2.45) is 5.92 Å². The third-order valence-electron chi connectivity index (χ3n) is 5.68. The van der Waals surface area contributed by atoms with Crippen molar-refractivity contribution in [3.8, 4) is 0 Å². The molecule has 0 amide bonds. The summed E-state index contributed by atoms with van der Waals surface area (Å²) in [5, 5.41) is 17.2. The molecule has 0 saturated carbocycles. The van der Waals surface area contributed by atoms with Crippen molar-refractivity contribution < 1.29 is 23.0 Å². The average Bonchev–Trinajstić information content (AvgIpc) is 3.20. The molecule has 0 aromatic carbocycles. The van der Waals surface area contributed by atoms with Gasteiger partial charge in [0.1, 0.15) is 29.8 Å². The molecule has 1 aliphatic heterocycles. The molecule has 0 bridgehead atoms. The van der Waals surface area contributed by atoms with Crippen LogP contribution in [-0.4, -0.2) is 73.9 Å². The molecule has 0 aliphatic carbocycles. The number of nitrogens with one attached hydrogen (secondary N) is 1. The Hall–Kier alpha value is -3.06. The largest absolute Gasteiger partial charge is 0.411 e. The van der Waals surface area contributed by atoms with E-state index in [1.807, 2.05) is 6.92 Å². The summed E-state index contributed by atoms with van der Waals surface area (Å²) in [7, 11) is 0. The van der Waals surface area contributed by atoms with Crippen LogP contribution in [0.4, 0.5) is 30.8 Å². The number of aliphatic hydroxyl groups excluding tert-OH is 1. The Kier molecular flexibility index (Phi) is 7.41. The first-order valence-corrected chi connectivity index (χ1v) is 11.2. The molecular formula is C21H27F3N8O2. The Balaban J connectivity index is 1.69. The molecule has 1 saturated heterocycles. The molecule has 34 heavy (non-hydrogen) atoms. The van der Waals surface area contributed by atoms with E-state index in [-0.39, 0.29) is 25.7 Å². The van der Waals surface area contributed by atoms with Gasteiger partial charge in [0.2, 0.25) is 5.95 Å². The Labute approximate surface area is 194 Å². The topological polar surface area (TPSA) is 114 Å². The van der Waals surface area contributed by atoms with Gasteiger partial charge in [0.15, 0.2) is 5.82 Å². The molecule has 4 rings (SSSR count). The van der Waals surface area contributed by atoms with E-state index in [9.17, 15) is 18.3 Å². The van der Waals surface area contributed by atoms with Crippen LogP contribution in [0.5, 0.6) is 0 Å². The van der Waals surface area contributed by atoms with Crippen LogP contribution in [-0.2, 0) is 17.7 Å². The van der Waals surface area contributed by atoms with E-state index in [1.54, 1.807) is 16.9 Å². The van der Waals surface area contributed by atoms with Gasteiger partial charge in [-0.2, -0.15) is 23.3 Å². The zero-order valence-corrected chi connectivity index (χ0v) is 18.8. The van der Waals surface area contributed by atoms with E-state index in [0.717, 1.165) is 12.8 Å². The van der Waals surface area contributed by atoms with Gasteiger partial charge < -0.3 is 20.1 Å². The van der Waals surface area contributed by atoms with Gasteiger partial charge in [-0.15, -0.1) is 0 Å². The number of alkyl halides is 3.